The zero-order valence-corrected chi connectivity index (χ0v) is 12.5. The molecular weight excluding hydrogens is 272 g/mol. The fourth-order valence-electron chi connectivity index (χ4n) is 2.64. The Balaban J connectivity index is 1.72. The first-order chi connectivity index (χ1) is 9.63. The van der Waals surface area contributed by atoms with Crippen LogP contribution in [-0.2, 0) is 38.0 Å². The summed E-state index contributed by atoms with van der Waals surface area (Å²) in [7, 11) is 1.98. The van der Waals surface area contributed by atoms with Crippen LogP contribution in [0.4, 0.5) is 0 Å². The number of hydrogen-bond acceptors (Lipinski definition) is 4. The Hall–Kier alpha value is -1.66. The van der Waals surface area contributed by atoms with Gasteiger partial charge in [0.05, 0.1) is 17.9 Å². The molecule has 0 aromatic carbocycles. The van der Waals surface area contributed by atoms with E-state index in [0.717, 1.165) is 25.3 Å². The molecule has 1 aliphatic heterocycles. The number of aromatic nitrogens is 2. The molecule has 3 heterocycles. The second kappa shape index (κ2) is 5.38. The quantitative estimate of drug-likeness (QED) is 0.931. The van der Waals surface area contributed by atoms with Crippen molar-refractivity contribution in [1.29, 1.82) is 0 Å². The molecular formula is C14H18N4OS. The summed E-state index contributed by atoms with van der Waals surface area (Å²) in [4.78, 5) is 13.5. The van der Waals surface area contributed by atoms with Crippen LogP contribution in [0, 0.1) is 0 Å². The number of fused-ring (bicyclic) bond motifs is 1. The van der Waals surface area contributed by atoms with Crippen molar-refractivity contribution >= 4 is 17.2 Å². The predicted octanol–water partition coefficient (Wildman–Crippen LogP) is 1.63. The number of nitrogens with zero attached hydrogens (tertiary/aromatic N) is 3. The molecule has 106 valence electrons. The van der Waals surface area contributed by atoms with Gasteiger partial charge in [0.25, 0.3) is 0 Å². The van der Waals surface area contributed by atoms with E-state index in [1.54, 1.807) is 11.3 Å². The molecule has 5 nitrogen and oxygen atoms in total. The highest BCUT2D eigenvalue weighted by molar-refractivity contribution is 7.07. The van der Waals surface area contributed by atoms with Crippen LogP contribution in [0.5, 0.6) is 0 Å². The Morgan fingerprint density at radius 1 is 1.50 bits per heavy atom. The van der Waals surface area contributed by atoms with E-state index in [0.29, 0.717) is 6.54 Å². The van der Waals surface area contributed by atoms with Gasteiger partial charge in [-0.1, -0.05) is 0 Å². The third kappa shape index (κ3) is 2.62. The summed E-state index contributed by atoms with van der Waals surface area (Å²) in [5, 5.41) is 11.7. The van der Waals surface area contributed by atoms with Gasteiger partial charge < -0.3 is 5.32 Å². The minimum atomic E-state index is -0.0162. The molecule has 1 aliphatic rings. The molecule has 0 saturated carbocycles. The van der Waals surface area contributed by atoms with Gasteiger partial charge in [-0.2, -0.15) is 16.4 Å². The van der Waals surface area contributed by atoms with Crippen LogP contribution in [-0.4, -0.2) is 20.6 Å². The van der Waals surface area contributed by atoms with E-state index in [4.69, 9.17) is 0 Å². The summed E-state index contributed by atoms with van der Waals surface area (Å²) in [6, 6.07) is 2.17. The zero-order valence-electron chi connectivity index (χ0n) is 11.7. The number of amides is 1. The predicted molar refractivity (Wildman–Crippen MR) is 78.0 cm³/mol. The second-order valence-corrected chi connectivity index (χ2v) is 5.96. The Morgan fingerprint density at radius 2 is 2.35 bits per heavy atom. The number of carbonyl (C=O) groups excluding carboxylic acids is 1. The number of nitrogens with one attached hydrogen (secondary N) is 1. The Labute approximate surface area is 122 Å². The lowest BCUT2D eigenvalue weighted by Crippen LogP contribution is -2.21. The van der Waals surface area contributed by atoms with Crippen LogP contribution in [0.2, 0.25) is 0 Å². The van der Waals surface area contributed by atoms with Gasteiger partial charge in [0.15, 0.2) is 0 Å². The highest BCUT2D eigenvalue weighted by Crippen LogP contribution is 2.27. The molecule has 0 saturated heterocycles. The molecule has 20 heavy (non-hydrogen) atoms. The van der Waals surface area contributed by atoms with E-state index in [1.165, 1.54) is 23.7 Å². The van der Waals surface area contributed by atoms with Crippen LogP contribution in [0.25, 0.3) is 0 Å². The van der Waals surface area contributed by atoms with Gasteiger partial charge in [0, 0.05) is 39.2 Å². The topological polar surface area (TPSA) is 50.2 Å². The fraction of sp³-hybridized carbons (Fsp3) is 0.429. The van der Waals surface area contributed by atoms with Crippen LogP contribution < -0.4 is 5.32 Å². The van der Waals surface area contributed by atoms with Crippen molar-refractivity contribution in [3.63, 3.8) is 0 Å². The fourth-order valence-corrected chi connectivity index (χ4v) is 3.30. The van der Waals surface area contributed by atoms with E-state index in [-0.39, 0.29) is 5.91 Å². The molecule has 2 aromatic heterocycles. The third-order valence-corrected chi connectivity index (χ3v) is 4.34. The van der Waals surface area contributed by atoms with Crippen molar-refractivity contribution in [3.8, 4) is 0 Å². The first kappa shape index (κ1) is 13.3. The number of aryl methyl sites for hydroxylation is 1. The number of rotatable bonds is 4. The Morgan fingerprint density at radius 3 is 3.05 bits per heavy atom. The molecule has 0 aliphatic carbocycles. The number of thiophene rings is 1. The molecule has 0 spiro atoms. The summed E-state index contributed by atoms with van der Waals surface area (Å²) in [6.07, 6.45) is 0. The summed E-state index contributed by atoms with van der Waals surface area (Å²) in [5.41, 5.74) is 4.89. The van der Waals surface area contributed by atoms with Crippen LogP contribution >= 0.6 is 11.3 Å². The van der Waals surface area contributed by atoms with E-state index in [9.17, 15) is 4.79 Å². The van der Waals surface area contributed by atoms with E-state index >= 15 is 0 Å². The molecule has 0 bridgehead atoms. The first-order valence-corrected chi connectivity index (χ1v) is 7.59. The maximum atomic E-state index is 11.0. The van der Waals surface area contributed by atoms with E-state index < -0.39 is 0 Å². The average molecular weight is 290 g/mol. The molecule has 3 rings (SSSR count). The monoisotopic (exact) mass is 290 g/mol. The highest BCUT2D eigenvalue weighted by Gasteiger charge is 2.26. The molecule has 2 aromatic rings. The van der Waals surface area contributed by atoms with Crippen molar-refractivity contribution in [2.45, 2.75) is 33.1 Å². The lowest BCUT2D eigenvalue weighted by Gasteiger charge is -2.14. The van der Waals surface area contributed by atoms with Crippen molar-refractivity contribution in [1.82, 2.24) is 20.0 Å². The van der Waals surface area contributed by atoms with Crippen LogP contribution in [0.3, 0.4) is 0 Å². The summed E-state index contributed by atoms with van der Waals surface area (Å²) >= 11 is 1.73. The van der Waals surface area contributed by atoms with Gasteiger partial charge in [0.2, 0.25) is 5.91 Å². The van der Waals surface area contributed by atoms with Gasteiger partial charge >= 0.3 is 0 Å². The summed E-state index contributed by atoms with van der Waals surface area (Å²) in [6.45, 7) is 4.86. The minimum Gasteiger partial charge on any atom is -0.351 e. The Bertz CT molecular complexity index is 617. The van der Waals surface area contributed by atoms with Gasteiger partial charge in [-0.3, -0.25) is 14.4 Å². The van der Waals surface area contributed by atoms with E-state index in [1.807, 2.05) is 11.7 Å². The van der Waals surface area contributed by atoms with Gasteiger partial charge in [-0.05, 0) is 22.4 Å². The smallest absolute Gasteiger partial charge is 0.217 e. The summed E-state index contributed by atoms with van der Waals surface area (Å²) < 4.78 is 1.94. The Kier molecular flexibility index (Phi) is 3.58. The average Bonchev–Trinajstić information content (AvgIpc) is 3.08. The second-order valence-electron chi connectivity index (χ2n) is 5.18. The van der Waals surface area contributed by atoms with E-state index in [2.05, 4.69) is 32.1 Å². The maximum absolute atomic E-state index is 11.0. The van der Waals surface area contributed by atoms with Crippen molar-refractivity contribution in [3.05, 3.63) is 39.3 Å². The number of hydrogen-bond donors (Lipinski definition) is 1. The molecule has 6 heteroatoms. The maximum Gasteiger partial charge on any atom is 0.217 e. The SMILES string of the molecule is CC(=O)NCc1nn(C)c2c1CN(Cc1ccsc1)C2. The van der Waals surface area contributed by atoms with Crippen molar-refractivity contribution in [2.24, 2.45) is 7.05 Å². The standard InChI is InChI=1S/C14H18N4OS/c1-10(19)15-5-13-12-7-18(6-11-3-4-20-9-11)8-14(12)17(2)16-13/h3-4,9H,5-8H2,1-2H3,(H,15,19). The normalized spacial score (nSPS) is 14.5. The lowest BCUT2D eigenvalue weighted by molar-refractivity contribution is -0.119. The van der Waals surface area contributed by atoms with Gasteiger partial charge in [0.1, 0.15) is 0 Å². The molecule has 1 amide bonds. The van der Waals surface area contributed by atoms with Gasteiger partial charge in [-0.15, -0.1) is 0 Å². The molecule has 0 radical (unpaired) electrons. The largest absolute Gasteiger partial charge is 0.351 e. The third-order valence-electron chi connectivity index (χ3n) is 3.60. The first-order valence-electron chi connectivity index (χ1n) is 6.65. The van der Waals surface area contributed by atoms with Crippen LogP contribution in [0.15, 0.2) is 16.8 Å². The van der Waals surface area contributed by atoms with Gasteiger partial charge in [-0.25, -0.2) is 0 Å². The van der Waals surface area contributed by atoms with Crippen molar-refractivity contribution < 1.29 is 4.79 Å². The van der Waals surface area contributed by atoms with Crippen molar-refractivity contribution in [2.75, 3.05) is 0 Å². The summed E-state index contributed by atoms with van der Waals surface area (Å²) in [5.74, 6) is -0.0162. The highest BCUT2D eigenvalue weighted by atomic mass is 32.1. The van der Waals surface area contributed by atoms with Crippen LogP contribution in [0.1, 0.15) is 29.4 Å². The lowest BCUT2D eigenvalue weighted by atomic mass is 10.2. The zero-order chi connectivity index (χ0) is 14.1. The molecule has 1 N–H and O–H groups in total. The molecule has 0 unspecified atom stereocenters. The minimum absolute atomic E-state index is 0.0162. The number of carbonyl (C=O) groups is 1. The molecule has 0 fully saturated rings. The molecule has 0 atom stereocenters.